The minimum atomic E-state index is -4.73. The summed E-state index contributed by atoms with van der Waals surface area (Å²) in [6.07, 6.45) is -2.03. The Bertz CT molecular complexity index is 801. The average molecular weight is 351 g/mol. The number of hydrogen-bond donors (Lipinski definition) is 1. The number of rotatable bonds is 5. The minimum absolute atomic E-state index is 0.123. The summed E-state index contributed by atoms with van der Waals surface area (Å²) >= 11 is 0. The molecule has 0 saturated heterocycles. The summed E-state index contributed by atoms with van der Waals surface area (Å²) in [6.45, 7) is 0.123. The first kappa shape index (κ1) is 16.7. The van der Waals surface area contributed by atoms with Gasteiger partial charge >= 0.3 is 6.36 Å². The minimum Gasteiger partial charge on any atom is -0.454 e. The van der Waals surface area contributed by atoms with Crippen LogP contribution >= 0.6 is 0 Å². The van der Waals surface area contributed by atoms with Gasteiger partial charge in [0, 0.05) is 23.5 Å². The largest absolute Gasteiger partial charge is 0.573 e. The normalized spacial score (nSPS) is 13.1. The SMILES string of the molecule is O=C(C=CNc1ccc(OC(F)(F)F)cc1)c1ccc2c(c1)OCO2. The van der Waals surface area contributed by atoms with Crippen LogP contribution in [0.5, 0.6) is 17.2 Å². The summed E-state index contributed by atoms with van der Waals surface area (Å²) in [6, 6.07) is 9.98. The lowest BCUT2D eigenvalue weighted by Gasteiger charge is -2.09. The quantitative estimate of drug-likeness (QED) is 0.649. The number of ether oxygens (including phenoxy) is 3. The molecule has 3 rings (SSSR count). The van der Waals surface area contributed by atoms with E-state index < -0.39 is 6.36 Å². The van der Waals surface area contributed by atoms with Crippen molar-refractivity contribution in [1.82, 2.24) is 0 Å². The van der Waals surface area contributed by atoms with E-state index in [1.54, 1.807) is 18.2 Å². The summed E-state index contributed by atoms with van der Waals surface area (Å²) in [5, 5.41) is 2.79. The highest BCUT2D eigenvalue weighted by Gasteiger charge is 2.30. The van der Waals surface area contributed by atoms with Crippen molar-refractivity contribution < 1.29 is 32.2 Å². The number of anilines is 1. The van der Waals surface area contributed by atoms with Gasteiger partial charge in [0.2, 0.25) is 6.79 Å². The van der Waals surface area contributed by atoms with Crippen molar-refractivity contribution in [2.24, 2.45) is 0 Å². The molecule has 0 radical (unpaired) electrons. The van der Waals surface area contributed by atoms with E-state index in [0.717, 1.165) is 0 Å². The smallest absolute Gasteiger partial charge is 0.454 e. The first-order chi connectivity index (χ1) is 11.9. The van der Waals surface area contributed by atoms with Gasteiger partial charge in [0.25, 0.3) is 0 Å². The lowest BCUT2D eigenvalue weighted by atomic mass is 10.1. The number of allylic oxidation sites excluding steroid dienone is 1. The molecule has 0 unspecified atom stereocenters. The molecule has 0 aromatic heterocycles. The third-order valence-corrected chi connectivity index (χ3v) is 3.23. The number of alkyl halides is 3. The Labute approximate surface area is 140 Å². The van der Waals surface area contributed by atoms with Crippen LogP contribution in [-0.2, 0) is 0 Å². The number of carbonyl (C=O) groups is 1. The number of nitrogens with one attached hydrogen (secondary N) is 1. The lowest BCUT2D eigenvalue weighted by molar-refractivity contribution is -0.274. The highest BCUT2D eigenvalue weighted by Crippen LogP contribution is 2.32. The van der Waals surface area contributed by atoms with E-state index in [2.05, 4.69) is 10.1 Å². The second-order valence-electron chi connectivity index (χ2n) is 4.98. The summed E-state index contributed by atoms with van der Waals surface area (Å²) in [7, 11) is 0. The standard InChI is InChI=1S/C17H12F3NO4/c18-17(19,20)25-13-4-2-12(3-5-13)21-8-7-14(22)11-1-6-15-16(9-11)24-10-23-15/h1-9,21H,10H2. The van der Waals surface area contributed by atoms with Gasteiger partial charge in [-0.2, -0.15) is 0 Å². The summed E-state index contributed by atoms with van der Waals surface area (Å²) in [5.41, 5.74) is 0.931. The van der Waals surface area contributed by atoms with Gasteiger partial charge in [-0.3, -0.25) is 4.79 Å². The molecule has 25 heavy (non-hydrogen) atoms. The van der Waals surface area contributed by atoms with Gasteiger partial charge in [-0.05, 0) is 42.5 Å². The van der Waals surface area contributed by atoms with E-state index in [9.17, 15) is 18.0 Å². The molecular formula is C17H12F3NO4. The Morgan fingerprint density at radius 3 is 2.52 bits per heavy atom. The molecule has 0 spiro atoms. The highest BCUT2D eigenvalue weighted by atomic mass is 19.4. The van der Waals surface area contributed by atoms with E-state index in [1.807, 2.05) is 0 Å². The van der Waals surface area contributed by atoms with Gasteiger partial charge in [0.1, 0.15) is 5.75 Å². The number of halogens is 3. The van der Waals surface area contributed by atoms with E-state index in [-0.39, 0.29) is 18.3 Å². The molecule has 1 aliphatic heterocycles. The number of fused-ring (bicyclic) bond motifs is 1. The van der Waals surface area contributed by atoms with Crippen LogP contribution in [0.3, 0.4) is 0 Å². The molecule has 130 valence electrons. The first-order valence-corrected chi connectivity index (χ1v) is 7.14. The maximum absolute atomic E-state index is 12.1. The van der Waals surface area contributed by atoms with Gasteiger partial charge in [0.05, 0.1) is 0 Å². The van der Waals surface area contributed by atoms with Crippen LogP contribution in [0.25, 0.3) is 0 Å². The Morgan fingerprint density at radius 1 is 1.08 bits per heavy atom. The van der Waals surface area contributed by atoms with Crippen molar-refractivity contribution >= 4 is 11.5 Å². The van der Waals surface area contributed by atoms with Crippen LogP contribution in [-0.4, -0.2) is 18.9 Å². The monoisotopic (exact) mass is 351 g/mol. The number of hydrogen-bond acceptors (Lipinski definition) is 5. The topological polar surface area (TPSA) is 56.8 Å². The Hall–Kier alpha value is -3.16. The second-order valence-corrected chi connectivity index (χ2v) is 4.98. The predicted molar refractivity (Wildman–Crippen MR) is 82.8 cm³/mol. The molecule has 0 saturated carbocycles. The van der Waals surface area contributed by atoms with Crippen LogP contribution in [0.15, 0.2) is 54.7 Å². The molecule has 5 nitrogen and oxygen atoms in total. The molecule has 8 heteroatoms. The zero-order chi connectivity index (χ0) is 17.9. The summed E-state index contributed by atoms with van der Waals surface area (Å²) < 4.78 is 50.4. The first-order valence-electron chi connectivity index (χ1n) is 7.14. The molecule has 0 amide bonds. The molecule has 2 aromatic carbocycles. The molecule has 2 aromatic rings. The molecule has 0 bridgehead atoms. The molecule has 0 fully saturated rings. The van der Waals surface area contributed by atoms with E-state index in [4.69, 9.17) is 9.47 Å². The molecule has 0 aliphatic carbocycles. The van der Waals surface area contributed by atoms with Crippen molar-refractivity contribution in [3.63, 3.8) is 0 Å². The predicted octanol–water partition coefficient (Wildman–Crippen LogP) is 4.12. The summed E-state index contributed by atoms with van der Waals surface area (Å²) in [4.78, 5) is 12.1. The number of benzene rings is 2. The third-order valence-electron chi connectivity index (χ3n) is 3.23. The zero-order valence-electron chi connectivity index (χ0n) is 12.7. The maximum atomic E-state index is 12.1. The van der Waals surface area contributed by atoms with Crippen LogP contribution in [0.1, 0.15) is 10.4 Å². The highest BCUT2D eigenvalue weighted by molar-refractivity contribution is 6.05. The lowest BCUT2D eigenvalue weighted by Crippen LogP contribution is -2.16. The fraction of sp³-hybridized carbons (Fsp3) is 0.118. The van der Waals surface area contributed by atoms with E-state index in [1.165, 1.54) is 36.5 Å². The van der Waals surface area contributed by atoms with Crippen LogP contribution in [0, 0.1) is 0 Å². The van der Waals surface area contributed by atoms with Crippen molar-refractivity contribution in [1.29, 1.82) is 0 Å². The molecule has 1 heterocycles. The van der Waals surface area contributed by atoms with Gasteiger partial charge in [0.15, 0.2) is 17.3 Å². The average Bonchev–Trinajstić information content (AvgIpc) is 3.02. The molecule has 1 aliphatic rings. The van der Waals surface area contributed by atoms with Gasteiger partial charge in [-0.1, -0.05) is 0 Å². The van der Waals surface area contributed by atoms with Crippen molar-refractivity contribution in [2.45, 2.75) is 6.36 Å². The van der Waals surface area contributed by atoms with Crippen LogP contribution in [0.2, 0.25) is 0 Å². The fourth-order valence-electron chi connectivity index (χ4n) is 2.11. The van der Waals surface area contributed by atoms with Crippen molar-refractivity contribution in [2.75, 3.05) is 12.1 Å². The van der Waals surface area contributed by atoms with Crippen LogP contribution < -0.4 is 19.5 Å². The van der Waals surface area contributed by atoms with Gasteiger partial charge in [-0.25, -0.2) is 0 Å². The maximum Gasteiger partial charge on any atom is 0.573 e. The Kier molecular flexibility index (Phi) is 4.51. The van der Waals surface area contributed by atoms with Gasteiger partial charge < -0.3 is 19.5 Å². The number of ketones is 1. The molecule has 1 N–H and O–H groups in total. The second kappa shape index (κ2) is 6.76. The summed E-state index contributed by atoms with van der Waals surface area (Å²) in [5.74, 6) is 0.508. The number of carbonyl (C=O) groups excluding carboxylic acids is 1. The Morgan fingerprint density at radius 2 is 1.80 bits per heavy atom. The van der Waals surface area contributed by atoms with E-state index >= 15 is 0 Å². The van der Waals surface area contributed by atoms with E-state index in [0.29, 0.717) is 22.7 Å². The Balaban J connectivity index is 1.58. The van der Waals surface area contributed by atoms with Gasteiger partial charge in [-0.15, -0.1) is 13.2 Å². The zero-order valence-corrected chi connectivity index (χ0v) is 12.7. The van der Waals surface area contributed by atoms with Crippen molar-refractivity contribution in [3.05, 3.63) is 60.3 Å². The van der Waals surface area contributed by atoms with Crippen LogP contribution in [0.4, 0.5) is 18.9 Å². The fourth-order valence-corrected chi connectivity index (χ4v) is 2.11. The van der Waals surface area contributed by atoms with Crippen molar-refractivity contribution in [3.8, 4) is 17.2 Å². The third kappa shape index (κ3) is 4.43. The molecule has 0 atom stereocenters. The molecular weight excluding hydrogens is 339 g/mol.